The second-order valence-electron chi connectivity index (χ2n) is 7.37. The van der Waals surface area contributed by atoms with Crippen LogP contribution in [-0.2, 0) is 6.54 Å². The molecule has 1 aliphatic heterocycles. The molecule has 0 unspecified atom stereocenters. The molecule has 28 heavy (non-hydrogen) atoms. The number of rotatable bonds is 9. The Morgan fingerprint density at radius 2 is 2.07 bits per heavy atom. The Hall–Kier alpha value is -1.48. The Balaban J connectivity index is 1.51. The van der Waals surface area contributed by atoms with Crippen LogP contribution in [0.4, 0.5) is 5.13 Å². The van der Waals surface area contributed by atoms with Crippen LogP contribution >= 0.6 is 23.1 Å². The quantitative estimate of drug-likeness (QED) is 0.379. The van der Waals surface area contributed by atoms with Crippen LogP contribution in [0.5, 0.6) is 0 Å². The predicted octanol–water partition coefficient (Wildman–Crippen LogP) is 3.82. The van der Waals surface area contributed by atoms with Gasteiger partial charge in [-0.15, -0.1) is 10.2 Å². The van der Waals surface area contributed by atoms with Crippen molar-refractivity contribution in [3.8, 4) is 0 Å². The zero-order valence-corrected chi connectivity index (χ0v) is 18.3. The molecule has 0 saturated carbocycles. The van der Waals surface area contributed by atoms with Crippen molar-refractivity contribution >= 4 is 34.1 Å². The number of carbonyl (C=O) groups excluding carboxylic acids is 1. The van der Waals surface area contributed by atoms with Crippen molar-refractivity contribution in [1.29, 1.82) is 0 Å². The summed E-state index contributed by atoms with van der Waals surface area (Å²) in [4.78, 5) is 17.2. The van der Waals surface area contributed by atoms with E-state index in [0.717, 1.165) is 42.7 Å². The van der Waals surface area contributed by atoms with E-state index in [1.165, 1.54) is 36.2 Å². The van der Waals surface area contributed by atoms with Crippen LogP contribution in [0.3, 0.4) is 0 Å². The molecule has 1 amide bonds. The second-order valence-corrected chi connectivity index (χ2v) is 9.69. The van der Waals surface area contributed by atoms with E-state index in [4.69, 9.17) is 0 Å². The van der Waals surface area contributed by atoms with Gasteiger partial charge in [0.1, 0.15) is 0 Å². The maximum Gasteiger partial charge on any atom is 0.257 e. The van der Waals surface area contributed by atoms with E-state index in [1.54, 1.807) is 11.8 Å². The number of piperidine rings is 1. The fraction of sp³-hybridized carbons (Fsp3) is 0.550. The van der Waals surface area contributed by atoms with Gasteiger partial charge in [0.2, 0.25) is 5.13 Å². The first-order chi connectivity index (χ1) is 13.6. The van der Waals surface area contributed by atoms with Crippen molar-refractivity contribution < 1.29 is 4.79 Å². The molecule has 1 aromatic carbocycles. The van der Waals surface area contributed by atoms with Gasteiger partial charge in [-0.2, -0.15) is 0 Å². The highest BCUT2D eigenvalue weighted by atomic mass is 32.2. The van der Waals surface area contributed by atoms with Gasteiger partial charge < -0.3 is 4.90 Å². The molecule has 0 aliphatic carbocycles. The first-order valence-corrected chi connectivity index (χ1v) is 11.6. The summed E-state index contributed by atoms with van der Waals surface area (Å²) in [5.74, 6) is 0.875. The molecule has 0 atom stereocenters. The summed E-state index contributed by atoms with van der Waals surface area (Å²) in [6.07, 6.45) is 4.97. The van der Waals surface area contributed by atoms with E-state index >= 15 is 0 Å². The van der Waals surface area contributed by atoms with Gasteiger partial charge in [-0.1, -0.05) is 41.7 Å². The molecule has 0 bridgehead atoms. The molecule has 1 aliphatic rings. The maximum atomic E-state index is 12.6. The van der Waals surface area contributed by atoms with E-state index in [2.05, 4.69) is 45.5 Å². The Bertz CT molecular complexity index is 759. The number of nitrogens with zero attached hydrogens (tertiary/aromatic N) is 4. The normalized spacial score (nSPS) is 15.1. The fourth-order valence-electron chi connectivity index (χ4n) is 3.21. The van der Waals surface area contributed by atoms with E-state index in [9.17, 15) is 4.79 Å². The standard InChI is InChI=1S/C20H29N5OS2/c1-24(2)10-7-13-27-20-23-22-19(28-20)21-18(26)17-9-6-8-16(14-17)15-25-11-4-3-5-12-25/h6,8-9,14H,3-5,7,10-13,15H2,1-2H3,(H,21,22,26). The van der Waals surface area contributed by atoms with Crippen LogP contribution in [0.25, 0.3) is 0 Å². The minimum absolute atomic E-state index is 0.124. The van der Waals surface area contributed by atoms with Gasteiger partial charge in [0.15, 0.2) is 4.34 Å². The van der Waals surface area contributed by atoms with E-state index in [-0.39, 0.29) is 5.91 Å². The zero-order valence-electron chi connectivity index (χ0n) is 16.7. The molecule has 3 rings (SSSR count). The first kappa shape index (κ1) is 21.2. The predicted molar refractivity (Wildman–Crippen MR) is 117 cm³/mol. The number of likely N-dealkylation sites (tertiary alicyclic amines) is 1. The summed E-state index contributed by atoms with van der Waals surface area (Å²) in [5.41, 5.74) is 1.86. The van der Waals surface area contributed by atoms with Gasteiger partial charge in [-0.3, -0.25) is 15.0 Å². The molecule has 0 radical (unpaired) electrons. The molecule has 152 valence electrons. The molecule has 6 nitrogen and oxygen atoms in total. The van der Waals surface area contributed by atoms with Crippen molar-refractivity contribution in [2.45, 2.75) is 36.6 Å². The molecule has 2 heterocycles. The van der Waals surface area contributed by atoms with Crippen molar-refractivity contribution in [3.05, 3.63) is 35.4 Å². The lowest BCUT2D eigenvalue weighted by Gasteiger charge is -2.26. The number of anilines is 1. The number of hydrogen-bond donors (Lipinski definition) is 1. The molecule has 8 heteroatoms. The van der Waals surface area contributed by atoms with Crippen molar-refractivity contribution in [2.24, 2.45) is 0 Å². The summed E-state index contributed by atoms with van der Waals surface area (Å²) in [6, 6.07) is 7.90. The van der Waals surface area contributed by atoms with Crippen LogP contribution in [0.15, 0.2) is 28.6 Å². The third kappa shape index (κ3) is 6.84. The van der Waals surface area contributed by atoms with Crippen molar-refractivity contribution in [1.82, 2.24) is 20.0 Å². The average Bonchev–Trinajstić information content (AvgIpc) is 3.13. The number of amides is 1. The molecular formula is C20H29N5OS2. The lowest BCUT2D eigenvalue weighted by atomic mass is 10.1. The largest absolute Gasteiger partial charge is 0.309 e. The number of hydrogen-bond acceptors (Lipinski definition) is 7. The maximum absolute atomic E-state index is 12.6. The number of thioether (sulfide) groups is 1. The topological polar surface area (TPSA) is 61.4 Å². The van der Waals surface area contributed by atoms with Crippen molar-refractivity contribution in [2.75, 3.05) is 44.8 Å². The highest BCUT2D eigenvalue weighted by molar-refractivity contribution is 8.01. The zero-order chi connectivity index (χ0) is 19.8. The highest BCUT2D eigenvalue weighted by Gasteiger charge is 2.13. The van der Waals surface area contributed by atoms with Crippen LogP contribution in [0.1, 0.15) is 41.6 Å². The minimum atomic E-state index is -0.124. The average molecular weight is 420 g/mol. The van der Waals surface area contributed by atoms with Crippen molar-refractivity contribution in [3.63, 3.8) is 0 Å². The third-order valence-corrected chi connectivity index (χ3v) is 6.70. The minimum Gasteiger partial charge on any atom is -0.309 e. The molecule has 0 spiro atoms. The highest BCUT2D eigenvalue weighted by Crippen LogP contribution is 2.26. The molecule has 2 aromatic rings. The number of benzene rings is 1. The summed E-state index contributed by atoms with van der Waals surface area (Å²) in [6.45, 7) is 4.27. The summed E-state index contributed by atoms with van der Waals surface area (Å²) < 4.78 is 0.896. The lowest BCUT2D eigenvalue weighted by Crippen LogP contribution is -2.29. The summed E-state index contributed by atoms with van der Waals surface area (Å²) in [7, 11) is 4.15. The van der Waals surface area contributed by atoms with Crippen LogP contribution < -0.4 is 5.32 Å². The molecule has 1 N–H and O–H groups in total. The molecule has 1 fully saturated rings. The van der Waals surface area contributed by atoms with E-state index in [1.807, 2.05) is 18.2 Å². The smallest absolute Gasteiger partial charge is 0.257 e. The summed E-state index contributed by atoms with van der Waals surface area (Å²) >= 11 is 3.12. The van der Waals surface area contributed by atoms with Crippen LogP contribution in [-0.4, -0.2) is 65.4 Å². The Labute approximate surface area is 175 Å². The SMILES string of the molecule is CN(C)CCCSc1nnc(NC(=O)c2cccc(CN3CCCCC3)c2)s1. The van der Waals surface area contributed by atoms with Gasteiger partial charge in [0.05, 0.1) is 0 Å². The second kappa shape index (κ2) is 10.9. The molecule has 1 saturated heterocycles. The number of carbonyl (C=O) groups is 1. The van der Waals surface area contributed by atoms with Crippen LogP contribution in [0, 0.1) is 0 Å². The number of nitrogens with one attached hydrogen (secondary N) is 1. The molecular weight excluding hydrogens is 390 g/mol. The van der Waals surface area contributed by atoms with Gasteiger partial charge in [0, 0.05) is 17.9 Å². The first-order valence-electron chi connectivity index (χ1n) is 9.84. The van der Waals surface area contributed by atoms with E-state index in [0.29, 0.717) is 10.7 Å². The lowest BCUT2D eigenvalue weighted by molar-refractivity contribution is 0.102. The van der Waals surface area contributed by atoms with Crippen LogP contribution in [0.2, 0.25) is 0 Å². The van der Waals surface area contributed by atoms with Gasteiger partial charge >= 0.3 is 0 Å². The monoisotopic (exact) mass is 419 g/mol. The Morgan fingerprint density at radius 3 is 2.86 bits per heavy atom. The summed E-state index contributed by atoms with van der Waals surface area (Å²) in [5, 5.41) is 11.7. The van der Waals surface area contributed by atoms with Gasteiger partial charge in [-0.25, -0.2) is 0 Å². The fourth-order valence-corrected chi connectivity index (χ4v) is 4.96. The van der Waals surface area contributed by atoms with Gasteiger partial charge in [-0.05, 0) is 70.7 Å². The van der Waals surface area contributed by atoms with E-state index < -0.39 is 0 Å². The Morgan fingerprint density at radius 1 is 1.25 bits per heavy atom. The Kier molecular flexibility index (Phi) is 8.27. The molecule has 1 aromatic heterocycles. The number of aromatic nitrogens is 2. The third-order valence-electron chi connectivity index (χ3n) is 4.65. The van der Waals surface area contributed by atoms with Gasteiger partial charge in [0.25, 0.3) is 5.91 Å².